The van der Waals surface area contributed by atoms with Crippen LogP contribution >= 0.6 is 0 Å². The molecule has 0 saturated carbocycles. The first-order valence-corrected chi connectivity index (χ1v) is 5.01. The molecule has 0 radical (unpaired) electrons. The molecular formula is C12H22O. The van der Waals surface area contributed by atoms with Gasteiger partial charge in [0, 0.05) is 0 Å². The summed E-state index contributed by atoms with van der Waals surface area (Å²) in [4.78, 5) is 0. The fraction of sp³-hybridized carbons (Fsp3) is 0.667. The monoisotopic (exact) mass is 182 g/mol. The average molecular weight is 182 g/mol. The van der Waals surface area contributed by atoms with Gasteiger partial charge in [0.15, 0.2) is 0 Å². The maximum absolute atomic E-state index is 9.84. The Bertz CT molecular complexity index is 183. The Morgan fingerprint density at radius 3 is 2.46 bits per heavy atom. The van der Waals surface area contributed by atoms with E-state index in [1.807, 2.05) is 19.1 Å². The normalized spacial score (nSPS) is 15.8. The van der Waals surface area contributed by atoms with Crippen LogP contribution in [0.4, 0.5) is 0 Å². The minimum Gasteiger partial charge on any atom is -0.386 e. The lowest BCUT2D eigenvalue weighted by Gasteiger charge is -2.17. The molecule has 0 aromatic heterocycles. The molecule has 76 valence electrons. The quantitative estimate of drug-likeness (QED) is 0.646. The second-order valence-electron chi connectivity index (χ2n) is 3.99. The second-order valence-corrected chi connectivity index (χ2v) is 3.99. The lowest BCUT2D eigenvalue weighted by atomic mass is 9.98. The highest BCUT2D eigenvalue weighted by Crippen LogP contribution is 2.15. The molecule has 0 heterocycles. The highest BCUT2D eigenvalue weighted by atomic mass is 16.3. The van der Waals surface area contributed by atoms with Crippen LogP contribution < -0.4 is 0 Å². The summed E-state index contributed by atoms with van der Waals surface area (Å²) in [6.45, 7) is 8.09. The van der Waals surface area contributed by atoms with E-state index in [0.29, 0.717) is 0 Å². The summed E-state index contributed by atoms with van der Waals surface area (Å²) in [6.07, 6.45) is 8.81. The Kier molecular flexibility index (Phi) is 5.72. The van der Waals surface area contributed by atoms with Crippen LogP contribution in [-0.4, -0.2) is 10.7 Å². The zero-order chi connectivity index (χ0) is 10.3. The lowest BCUT2D eigenvalue weighted by Crippen LogP contribution is -2.19. The van der Waals surface area contributed by atoms with E-state index in [-0.39, 0.29) is 0 Å². The predicted molar refractivity (Wildman–Crippen MR) is 58.7 cm³/mol. The Hall–Kier alpha value is -0.560. The summed E-state index contributed by atoms with van der Waals surface area (Å²) in [5.41, 5.74) is 0.678. The zero-order valence-electron chi connectivity index (χ0n) is 9.30. The van der Waals surface area contributed by atoms with Gasteiger partial charge in [0.1, 0.15) is 0 Å². The molecule has 0 amide bonds. The van der Waals surface area contributed by atoms with Crippen LogP contribution in [0.3, 0.4) is 0 Å². The fourth-order valence-corrected chi connectivity index (χ4v) is 1.11. The van der Waals surface area contributed by atoms with Crippen molar-refractivity contribution in [1.29, 1.82) is 0 Å². The Labute approximate surface area is 82.2 Å². The van der Waals surface area contributed by atoms with Crippen LogP contribution in [0.2, 0.25) is 0 Å². The van der Waals surface area contributed by atoms with Gasteiger partial charge in [0.25, 0.3) is 0 Å². The first kappa shape index (κ1) is 12.4. The molecule has 0 aliphatic heterocycles. The number of hydrogen-bond acceptors (Lipinski definition) is 1. The molecular weight excluding hydrogens is 160 g/mol. The Morgan fingerprint density at radius 1 is 1.38 bits per heavy atom. The van der Waals surface area contributed by atoms with E-state index in [0.717, 1.165) is 19.3 Å². The molecule has 1 N–H and O–H groups in total. The first-order chi connectivity index (χ1) is 5.98. The number of aliphatic hydroxyl groups is 1. The van der Waals surface area contributed by atoms with Gasteiger partial charge in [-0.1, -0.05) is 30.7 Å². The number of rotatable bonds is 5. The van der Waals surface area contributed by atoms with Crippen LogP contribution in [0, 0.1) is 0 Å². The molecule has 0 aliphatic carbocycles. The highest BCUT2D eigenvalue weighted by Gasteiger charge is 2.13. The molecule has 1 atom stereocenters. The van der Waals surface area contributed by atoms with Gasteiger partial charge < -0.3 is 5.11 Å². The third-order valence-electron chi connectivity index (χ3n) is 1.92. The molecule has 13 heavy (non-hydrogen) atoms. The number of hydrogen-bond donors (Lipinski definition) is 1. The molecule has 0 aliphatic rings. The highest BCUT2D eigenvalue weighted by molar-refractivity contribution is 5.00. The van der Waals surface area contributed by atoms with Gasteiger partial charge in [-0.25, -0.2) is 0 Å². The molecule has 0 aromatic rings. The molecule has 1 unspecified atom stereocenters. The topological polar surface area (TPSA) is 20.2 Å². The van der Waals surface area contributed by atoms with E-state index in [2.05, 4.69) is 26.8 Å². The lowest BCUT2D eigenvalue weighted by molar-refractivity contribution is 0.103. The van der Waals surface area contributed by atoms with Crippen LogP contribution in [0.25, 0.3) is 0 Å². The summed E-state index contributed by atoms with van der Waals surface area (Å²) in [7, 11) is 0. The van der Waals surface area contributed by atoms with Crippen molar-refractivity contribution in [3.8, 4) is 0 Å². The molecule has 0 aromatic carbocycles. The smallest absolute Gasteiger partial charge is 0.0802 e. The SMILES string of the molecule is CC/C=C\C(C)(O)CCC=C(C)C. The van der Waals surface area contributed by atoms with E-state index < -0.39 is 5.60 Å². The average Bonchev–Trinajstić information content (AvgIpc) is 2.00. The molecule has 0 saturated heterocycles. The van der Waals surface area contributed by atoms with Gasteiger partial charge in [0.05, 0.1) is 5.60 Å². The van der Waals surface area contributed by atoms with E-state index in [9.17, 15) is 5.11 Å². The van der Waals surface area contributed by atoms with Crippen molar-refractivity contribution in [2.45, 2.75) is 52.6 Å². The van der Waals surface area contributed by atoms with E-state index in [4.69, 9.17) is 0 Å². The predicted octanol–water partition coefficient (Wildman–Crippen LogP) is 3.45. The van der Waals surface area contributed by atoms with Crippen molar-refractivity contribution in [1.82, 2.24) is 0 Å². The van der Waals surface area contributed by atoms with E-state index in [1.54, 1.807) is 0 Å². The minimum atomic E-state index is -0.637. The molecule has 0 rings (SSSR count). The van der Waals surface area contributed by atoms with Gasteiger partial charge >= 0.3 is 0 Å². The van der Waals surface area contributed by atoms with Crippen molar-refractivity contribution in [3.05, 3.63) is 23.8 Å². The van der Waals surface area contributed by atoms with Crippen molar-refractivity contribution < 1.29 is 5.11 Å². The van der Waals surface area contributed by atoms with Gasteiger partial charge in [-0.05, 0) is 40.0 Å². The third-order valence-corrected chi connectivity index (χ3v) is 1.92. The maximum atomic E-state index is 9.84. The molecule has 0 bridgehead atoms. The van der Waals surface area contributed by atoms with Gasteiger partial charge in [0.2, 0.25) is 0 Å². The maximum Gasteiger partial charge on any atom is 0.0802 e. The molecule has 0 spiro atoms. The van der Waals surface area contributed by atoms with Gasteiger partial charge in [-0.2, -0.15) is 0 Å². The number of allylic oxidation sites excluding steroid dienone is 3. The van der Waals surface area contributed by atoms with Crippen molar-refractivity contribution in [2.75, 3.05) is 0 Å². The molecule has 1 nitrogen and oxygen atoms in total. The Morgan fingerprint density at radius 2 is 2.00 bits per heavy atom. The molecule has 1 heteroatoms. The third kappa shape index (κ3) is 7.79. The largest absolute Gasteiger partial charge is 0.386 e. The van der Waals surface area contributed by atoms with E-state index >= 15 is 0 Å². The zero-order valence-corrected chi connectivity index (χ0v) is 9.30. The van der Waals surface area contributed by atoms with Crippen molar-refractivity contribution in [3.63, 3.8) is 0 Å². The molecule has 0 fully saturated rings. The fourth-order valence-electron chi connectivity index (χ4n) is 1.11. The van der Waals surface area contributed by atoms with Crippen molar-refractivity contribution in [2.24, 2.45) is 0 Å². The Balaban J connectivity index is 3.89. The van der Waals surface area contributed by atoms with Crippen LogP contribution in [0.15, 0.2) is 23.8 Å². The summed E-state index contributed by atoms with van der Waals surface area (Å²) in [6, 6.07) is 0. The minimum absolute atomic E-state index is 0.637. The van der Waals surface area contributed by atoms with Gasteiger partial charge in [-0.15, -0.1) is 0 Å². The van der Waals surface area contributed by atoms with E-state index in [1.165, 1.54) is 5.57 Å². The van der Waals surface area contributed by atoms with Crippen LogP contribution in [0.1, 0.15) is 47.0 Å². The van der Waals surface area contributed by atoms with Crippen LogP contribution in [0.5, 0.6) is 0 Å². The summed E-state index contributed by atoms with van der Waals surface area (Å²) in [5.74, 6) is 0. The summed E-state index contributed by atoms with van der Waals surface area (Å²) >= 11 is 0. The summed E-state index contributed by atoms with van der Waals surface area (Å²) < 4.78 is 0. The van der Waals surface area contributed by atoms with Crippen LogP contribution in [-0.2, 0) is 0 Å². The van der Waals surface area contributed by atoms with Gasteiger partial charge in [-0.3, -0.25) is 0 Å². The van der Waals surface area contributed by atoms with Crippen molar-refractivity contribution >= 4 is 0 Å². The summed E-state index contributed by atoms with van der Waals surface area (Å²) in [5, 5.41) is 9.84. The first-order valence-electron chi connectivity index (χ1n) is 5.01. The second kappa shape index (κ2) is 5.98. The standard InChI is InChI=1S/C12H22O/c1-5-6-9-12(4,13)10-7-8-11(2)3/h6,8-9,13H,5,7,10H2,1-4H3/b9-6-.